The molecular weight excluding hydrogens is 424 g/mol. The van der Waals surface area contributed by atoms with Crippen LogP contribution in [0.25, 0.3) is 10.8 Å². The number of aromatic nitrogens is 1. The molecule has 0 fully saturated rings. The van der Waals surface area contributed by atoms with Crippen LogP contribution in [0, 0.1) is 0 Å². The Bertz CT molecular complexity index is 1080. The fraction of sp³-hybridized carbons (Fsp3) is 0.429. The van der Waals surface area contributed by atoms with Crippen molar-refractivity contribution in [3.05, 3.63) is 60.2 Å². The Balaban J connectivity index is 1.17. The second-order valence-corrected chi connectivity index (χ2v) is 8.85. The second kappa shape index (κ2) is 12.4. The van der Waals surface area contributed by atoms with Crippen LogP contribution in [0.5, 0.6) is 5.88 Å². The van der Waals surface area contributed by atoms with Gasteiger partial charge in [0.1, 0.15) is 5.82 Å². The average molecular weight is 461 g/mol. The van der Waals surface area contributed by atoms with Crippen molar-refractivity contribution < 1.29 is 9.53 Å². The third-order valence-corrected chi connectivity index (χ3v) is 6.28. The molecule has 3 aromatic rings. The summed E-state index contributed by atoms with van der Waals surface area (Å²) in [6.07, 6.45) is 5.67. The van der Waals surface area contributed by atoms with Gasteiger partial charge in [-0.15, -0.1) is 0 Å². The molecule has 0 unspecified atom stereocenters. The molecular formula is C28H36N4O2. The summed E-state index contributed by atoms with van der Waals surface area (Å²) in [5.41, 5.74) is 2.41. The Morgan fingerprint density at radius 3 is 2.76 bits per heavy atom. The summed E-state index contributed by atoms with van der Waals surface area (Å²) in [6.45, 7) is 6.87. The van der Waals surface area contributed by atoms with Crippen LogP contribution in [0.2, 0.25) is 0 Å². The molecule has 0 spiro atoms. The van der Waals surface area contributed by atoms with E-state index >= 15 is 0 Å². The van der Waals surface area contributed by atoms with E-state index in [0.717, 1.165) is 51.0 Å². The fourth-order valence-corrected chi connectivity index (χ4v) is 4.36. The zero-order valence-corrected chi connectivity index (χ0v) is 20.2. The molecule has 6 nitrogen and oxygen atoms in total. The van der Waals surface area contributed by atoms with Crippen LogP contribution in [-0.4, -0.2) is 43.7 Å². The average Bonchev–Trinajstić information content (AvgIpc) is 2.87. The number of aryl methyl sites for hydroxylation is 1. The van der Waals surface area contributed by atoms with Crippen molar-refractivity contribution in [1.29, 1.82) is 0 Å². The number of carbonyl (C=O) groups is 1. The second-order valence-electron chi connectivity index (χ2n) is 8.85. The quantitative estimate of drug-likeness (QED) is 0.344. The Kier molecular flexibility index (Phi) is 8.74. The molecule has 6 heteroatoms. The first-order chi connectivity index (χ1) is 16.7. The summed E-state index contributed by atoms with van der Waals surface area (Å²) in [5.74, 6) is 1.25. The van der Waals surface area contributed by atoms with Crippen LogP contribution in [0.15, 0.2) is 54.6 Å². The van der Waals surface area contributed by atoms with E-state index in [4.69, 9.17) is 4.74 Å². The lowest BCUT2D eigenvalue weighted by Gasteiger charge is -2.26. The number of pyridine rings is 1. The molecule has 0 saturated heterocycles. The van der Waals surface area contributed by atoms with Gasteiger partial charge < -0.3 is 20.3 Å². The predicted molar refractivity (Wildman–Crippen MR) is 140 cm³/mol. The summed E-state index contributed by atoms with van der Waals surface area (Å²) in [5, 5.41) is 9.04. The van der Waals surface area contributed by atoms with E-state index in [2.05, 4.69) is 69.9 Å². The summed E-state index contributed by atoms with van der Waals surface area (Å²) in [6, 6.07) is 19.1. The summed E-state index contributed by atoms with van der Waals surface area (Å²) >= 11 is 0. The molecule has 0 aliphatic carbocycles. The normalized spacial score (nSPS) is 12.9. The Morgan fingerprint density at radius 1 is 0.971 bits per heavy atom. The van der Waals surface area contributed by atoms with Crippen molar-refractivity contribution >= 4 is 28.2 Å². The molecule has 0 saturated carbocycles. The lowest BCUT2D eigenvalue weighted by Crippen LogP contribution is -2.33. The Labute approximate surface area is 202 Å². The number of carbonyl (C=O) groups excluding carboxylic acids is 1. The number of ether oxygens (including phenoxy) is 1. The molecule has 2 N–H and O–H groups in total. The number of hydrogen-bond donors (Lipinski definition) is 2. The van der Waals surface area contributed by atoms with E-state index in [9.17, 15) is 4.79 Å². The van der Waals surface area contributed by atoms with Crippen LogP contribution in [0.4, 0.5) is 11.5 Å². The van der Waals surface area contributed by atoms with Gasteiger partial charge in [0.2, 0.25) is 11.8 Å². The molecule has 180 valence electrons. The molecule has 34 heavy (non-hydrogen) atoms. The summed E-state index contributed by atoms with van der Waals surface area (Å²) < 4.78 is 5.80. The van der Waals surface area contributed by atoms with E-state index in [1.807, 2.05) is 12.1 Å². The first-order valence-corrected chi connectivity index (χ1v) is 12.6. The van der Waals surface area contributed by atoms with Crippen LogP contribution in [0.3, 0.4) is 0 Å². The number of fused-ring (bicyclic) bond motifs is 2. The number of benzene rings is 2. The minimum Gasteiger partial charge on any atom is -0.478 e. The maximum absolute atomic E-state index is 11.6. The predicted octanol–water partition coefficient (Wildman–Crippen LogP) is 5.17. The molecule has 2 heterocycles. The largest absolute Gasteiger partial charge is 0.478 e. The highest BCUT2D eigenvalue weighted by molar-refractivity contribution is 5.94. The monoisotopic (exact) mass is 460 g/mol. The van der Waals surface area contributed by atoms with Crippen LogP contribution >= 0.6 is 0 Å². The van der Waals surface area contributed by atoms with Crippen LogP contribution < -0.4 is 20.3 Å². The van der Waals surface area contributed by atoms with Gasteiger partial charge in [-0.3, -0.25) is 4.79 Å². The Morgan fingerprint density at radius 2 is 1.85 bits per heavy atom. The third-order valence-electron chi connectivity index (χ3n) is 6.28. The highest BCUT2D eigenvalue weighted by Gasteiger charge is 2.16. The fourth-order valence-electron chi connectivity index (χ4n) is 4.36. The standard InChI is InChI=1S/C28H36N4O2/c1-2-3-19-32(25-12-8-10-22-9-4-5-11-24(22)25)20-18-29-17-6-7-21-34-27-16-14-23-13-15-26(33)30-28(23)31-27/h4-5,8-12,14,16,29H,2-3,6-7,13,15,17-21H2,1H3,(H,30,31,33). The van der Waals surface area contributed by atoms with E-state index < -0.39 is 0 Å². The van der Waals surface area contributed by atoms with E-state index in [0.29, 0.717) is 24.7 Å². The first kappa shape index (κ1) is 24.0. The number of nitrogens with one attached hydrogen (secondary N) is 2. The number of amides is 1. The molecule has 0 radical (unpaired) electrons. The van der Waals surface area contributed by atoms with Crippen LogP contribution in [-0.2, 0) is 11.2 Å². The molecule has 4 rings (SSSR count). The summed E-state index contributed by atoms with van der Waals surface area (Å²) in [7, 11) is 0. The van der Waals surface area contributed by atoms with Gasteiger partial charge in [-0.1, -0.05) is 49.7 Å². The van der Waals surface area contributed by atoms with Gasteiger partial charge in [-0.2, -0.15) is 4.98 Å². The molecule has 1 aromatic heterocycles. The smallest absolute Gasteiger partial charge is 0.225 e. The van der Waals surface area contributed by atoms with Gasteiger partial charge >= 0.3 is 0 Å². The highest BCUT2D eigenvalue weighted by Crippen LogP contribution is 2.27. The SMILES string of the molecule is CCCCN(CCNCCCCOc1ccc2c(n1)NC(=O)CC2)c1cccc2ccccc12. The molecule has 0 atom stereocenters. The van der Waals surface area contributed by atoms with Gasteiger partial charge in [-0.25, -0.2) is 0 Å². The topological polar surface area (TPSA) is 66.5 Å². The molecule has 1 aliphatic rings. The zero-order valence-electron chi connectivity index (χ0n) is 20.2. The number of anilines is 2. The van der Waals surface area contributed by atoms with Crippen molar-refractivity contribution in [2.45, 2.75) is 45.4 Å². The maximum Gasteiger partial charge on any atom is 0.225 e. The molecule has 0 bridgehead atoms. The van der Waals surface area contributed by atoms with Crippen molar-refractivity contribution in [2.75, 3.05) is 43.0 Å². The number of nitrogens with zero attached hydrogens (tertiary/aromatic N) is 2. The minimum absolute atomic E-state index is 0.0249. The highest BCUT2D eigenvalue weighted by atomic mass is 16.5. The third kappa shape index (κ3) is 6.48. The lowest BCUT2D eigenvalue weighted by molar-refractivity contribution is -0.116. The molecule has 1 aliphatic heterocycles. The van der Waals surface area contributed by atoms with Gasteiger partial charge in [0.25, 0.3) is 0 Å². The lowest BCUT2D eigenvalue weighted by atomic mass is 10.1. The van der Waals surface area contributed by atoms with Crippen molar-refractivity contribution in [3.63, 3.8) is 0 Å². The van der Waals surface area contributed by atoms with E-state index in [1.54, 1.807) is 0 Å². The van der Waals surface area contributed by atoms with Crippen molar-refractivity contribution in [2.24, 2.45) is 0 Å². The van der Waals surface area contributed by atoms with Gasteiger partial charge in [0.15, 0.2) is 0 Å². The van der Waals surface area contributed by atoms with Crippen molar-refractivity contribution in [3.8, 4) is 5.88 Å². The van der Waals surface area contributed by atoms with Crippen molar-refractivity contribution in [1.82, 2.24) is 10.3 Å². The first-order valence-electron chi connectivity index (χ1n) is 12.6. The van der Waals surface area contributed by atoms with E-state index in [-0.39, 0.29) is 5.91 Å². The number of unbranched alkanes of at least 4 members (excludes halogenated alkanes) is 2. The Hall–Kier alpha value is -3.12. The number of rotatable bonds is 13. The molecule has 1 amide bonds. The van der Waals surface area contributed by atoms with Gasteiger partial charge in [-0.05, 0) is 55.3 Å². The molecule has 2 aromatic carbocycles. The number of hydrogen-bond acceptors (Lipinski definition) is 5. The zero-order chi connectivity index (χ0) is 23.6. The van der Waals surface area contributed by atoms with E-state index in [1.165, 1.54) is 29.3 Å². The minimum atomic E-state index is 0.0249. The summed E-state index contributed by atoms with van der Waals surface area (Å²) in [4.78, 5) is 18.5. The maximum atomic E-state index is 11.6. The van der Waals surface area contributed by atoms with Gasteiger partial charge in [0, 0.05) is 43.2 Å². The van der Waals surface area contributed by atoms with Gasteiger partial charge in [0.05, 0.1) is 6.61 Å². The van der Waals surface area contributed by atoms with Crippen LogP contribution in [0.1, 0.15) is 44.6 Å².